The molecule has 2 aliphatic heterocycles. The fourth-order valence-corrected chi connectivity index (χ4v) is 28.5. The van der Waals surface area contributed by atoms with Crippen molar-refractivity contribution in [2.75, 3.05) is 54.9 Å². The van der Waals surface area contributed by atoms with Gasteiger partial charge in [0.25, 0.3) is 0 Å². The van der Waals surface area contributed by atoms with E-state index in [0.29, 0.717) is 84.3 Å². The third-order valence-corrected chi connectivity index (χ3v) is 42.0. The van der Waals surface area contributed by atoms with Gasteiger partial charge in [-0.1, -0.05) is 83.1 Å². The SMILES string of the molecule is CC(C)(C)[Si](C)(C)O[C@H]1CC[C@]2(C)C3CC[C@@]4(C)C(CCC45OCCO5)C3[C@@H](O)[C@H](O)C2C1.CO[C@@H]1C2C(CC[C@@]3(C)C2CCC32OCCO2)[C@@]2(C)CC[C@H](O[Si](C)(C)C(C)(C)C)CC2[C@H]1OC.CO[C@@H]1C2C(CC[C@]3(C)C(=O)CCC23)[C@@]2(C)CC[C@H](O)CC2[C@H]1OC. The number of carbonyl (C=O) groups excluding carboxylic acids is 1. The quantitative estimate of drug-likeness (QED) is 0.196. The lowest BCUT2D eigenvalue weighted by atomic mass is 9.43. The molecule has 27 atom stereocenters. The predicted molar refractivity (Wildman–Crippen MR) is 367 cm³/mol. The van der Waals surface area contributed by atoms with Gasteiger partial charge in [0.05, 0.1) is 69.2 Å². The van der Waals surface area contributed by atoms with Gasteiger partial charge in [0.2, 0.25) is 0 Å². The van der Waals surface area contributed by atoms with Crippen molar-refractivity contribution >= 4 is 22.4 Å². The molecule has 3 N–H and O–H groups in total. The zero-order valence-corrected chi connectivity index (χ0v) is 64.1. The zero-order chi connectivity index (χ0) is 67.5. The topological polar surface area (TPSA) is 170 Å². The highest BCUT2D eigenvalue weighted by Crippen LogP contribution is 2.73. The van der Waals surface area contributed by atoms with Crippen LogP contribution in [0.4, 0.5) is 0 Å². The van der Waals surface area contributed by atoms with Crippen LogP contribution in [0.5, 0.6) is 0 Å². The molecule has 0 bridgehead atoms. The maximum Gasteiger partial charge on any atom is 0.192 e. The van der Waals surface area contributed by atoms with E-state index in [1.807, 2.05) is 14.2 Å². The Morgan fingerprint density at radius 3 is 1.24 bits per heavy atom. The molecule has 0 aromatic rings. The summed E-state index contributed by atoms with van der Waals surface area (Å²) in [5.41, 5.74) is 0.343. The van der Waals surface area contributed by atoms with Crippen LogP contribution in [0.25, 0.3) is 0 Å². The summed E-state index contributed by atoms with van der Waals surface area (Å²) in [6.45, 7) is 40.6. The monoisotopic (exact) mass is 1340 g/mol. The second-order valence-corrected chi connectivity index (χ2v) is 47.8. The third-order valence-electron chi connectivity index (χ3n) is 33.0. The van der Waals surface area contributed by atoms with E-state index in [9.17, 15) is 20.1 Å². The van der Waals surface area contributed by atoms with E-state index in [-0.39, 0.29) is 96.8 Å². The first-order valence-corrected chi connectivity index (χ1v) is 43.9. The number of hydrogen-bond acceptors (Lipinski definition) is 14. The number of carbonyl (C=O) groups is 1. The summed E-state index contributed by atoms with van der Waals surface area (Å²) in [7, 11) is 3.75. The molecule has 12 aliphatic carbocycles. The summed E-state index contributed by atoms with van der Waals surface area (Å²) >= 11 is 0. The van der Waals surface area contributed by atoms with Crippen LogP contribution in [0.3, 0.4) is 0 Å². The number of hydrogen-bond donors (Lipinski definition) is 3. The second kappa shape index (κ2) is 25.2. The Labute approximate surface area is 565 Å². The van der Waals surface area contributed by atoms with E-state index >= 15 is 0 Å². The van der Waals surface area contributed by atoms with E-state index in [1.165, 1.54) is 32.1 Å². The van der Waals surface area contributed by atoms with Crippen LogP contribution in [0, 0.1) is 104 Å². The van der Waals surface area contributed by atoms with Crippen LogP contribution >= 0.6 is 0 Å². The highest BCUT2D eigenvalue weighted by Gasteiger charge is 2.73. The van der Waals surface area contributed by atoms with E-state index in [0.717, 1.165) is 116 Å². The van der Waals surface area contributed by atoms with Crippen LogP contribution < -0.4 is 0 Å². The molecule has 0 radical (unpaired) electrons. The van der Waals surface area contributed by atoms with E-state index in [2.05, 4.69) is 109 Å². The van der Waals surface area contributed by atoms with Crippen LogP contribution in [0.15, 0.2) is 0 Å². The number of ether oxygens (including phenoxy) is 8. The third kappa shape index (κ3) is 11.2. The molecule has 2 saturated heterocycles. The summed E-state index contributed by atoms with van der Waals surface area (Å²) < 4.78 is 64.0. The molecule has 14 nitrogen and oxygen atoms in total. The fraction of sp³-hybridized carbons (Fsp3) is 0.987. The van der Waals surface area contributed by atoms with Crippen molar-refractivity contribution < 1.29 is 66.9 Å². The van der Waals surface area contributed by atoms with Crippen molar-refractivity contribution in [1.82, 2.24) is 0 Å². The van der Waals surface area contributed by atoms with Gasteiger partial charge in [-0.15, -0.1) is 0 Å². The summed E-state index contributed by atoms with van der Waals surface area (Å²) in [5.74, 6) is 4.57. The van der Waals surface area contributed by atoms with Crippen LogP contribution in [-0.2, 0) is 51.5 Å². The predicted octanol–water partition coefficient (Wildman–Crippen LogP) is 14.7. The van der Waals surface area contributed by atoms with Crippen molar-refractivity contribution in [3.8, 4) is 0 Å². The Morgan fingerprint density at radius 2 is 0.785 bits per heavy atom. The largest absolute Gasteiger partial charge is 0.414 e. The Bertz CT molecular complexity index is 2650. The molecule has 2 spiro atoms. The van der Waals surface area contributed by atoms with Gasteiger partial charge in [0, 0.05) is 76.2 Å². The lowest BCUT2D eigenvalue weighted by Gasteiger charge is -2.65. The van der Waals surface area contributed by atoms with Gasteiger partial charge in [-0.2, -0.15) is 0 Å². The zero-order valence-electron chi connectivity index (χ0n) is 62.1. The molecule has 12 unspecified atom stereocenters. The molecule has 14 fully saturated rings. The van der Waals surface area contributed by atoms with Crippen molar-refractivity contribution in [3.05, 3.63) is 0 Å². The summed E-state index contributed by atoms with van der Waals surface area (Å²) in [4.78, 5) is 12.7. The van der Waals surface area contributed by atoms with Crippen molar-refractivity contribution in [3.63, 3.8) is 0 Å². The maximum atomic E-state index is 12.7. The first kappa shape index (κ1) is 72.4. The normalized spacial score (nSPS) is 50.3. The maximum absolute atomic E-state index is 12.7. The number of rotatable bonds is 8. The average molecular weight is 1340 g/mol. The molecule has 14 rings (SSSR count). The highest BCUT2D eigenvalue weighted by atomic mass is 28.4. The van der Waals surface area contributed by atoms with E-state index in [1.54, 1.807) is 14.2 Å². The highest BCUT2D eigenvalue weighted by molar-refractivity contribution is 6.74. The molecule has 12 saturated carbocycles. The Balaban J connectivity index is 0.000000136. The van der Waals surface area contributed by atoms with Gasteiger partial charge in [-0.05, 0) is 239 Å². The van der Waals surface area contributed by atoms with Crippen molar-refractivity contribution in [2.45, 2.75) is 321 Å². The van der Waals surface area contributed by atoms with Gasteiger partial charge in [-0.3, -0.25) is 4.79 Å². The lowest BCUT2D eigenvalue weighted by Crippen LogP contribution is -2.66. The number of fused-ring (bicyclic) bond motifs is 17. The number of aliphatic hydroxyl groups is 3. The Hall–Kier alpha value is -0.416. The summed E-state index contributed by atoms with van der Waals surface area (Å²) in [6, 6.07) is 0. The van der Waals surface area contributed by atoms with Crippen molar-refractivity contribution in [1.29, 1.82) is 0 Å². The Kier molecular flexibility index (Phi) is 19.6. The minimum absolute atomic E-state index is 0.0178. The first-order valence-electron chi connectivity index (χ1n) is 38.1. The first-order chi connectivity index (χ1) is 43.5. The Morgan fingerprint density at radius 1 is 0.409 bits per heavy atom. The fourth-order valence-electron chi connectivity index (χ4n) is 25.7. The molecule has 0 aromatic heterocycles. The van der Waals surface area contributed by atoms with Gasteiger partial charge in [0.1, 0.15) is 5.78 Å². The second-order valence-electron chi connectivity index (χ2n) is 38.3. The van der Waals surface area contributed by atoms with E-state index in [4.69, 9.17) is 46.7 Å². The number of aliphatic hydroxyl groups excluding tert-OH is 3. The van der Waals surface area contributed by atoms with Gasteiger partial charge in [-0.25, -0.2) is 0 Å². The molecule has 16 heteroatoms. The molecular formula is C77H134O14Si2. The number of Topliss-reactive ketones (excluding diaryl/α,β-unsaturated/α-hetero) is 1. The minimum Gasteiger partial charge on any atom is -0.414 e. The summed E-state index contributed by atoms with van der Waals surface area (Å²) in [6.07, 6.45) is 21.2. The molecular weight excluding hydrogens is 1210 g/mol. The van der Waals surface area contributed by atoms with E-state index < -0.39 is 34.6 Å². The van der Waals surface area contributed by atoms with Crippen LogP contribution in [-0.4, -0.2) is 159 Å². The lowest BCUT2D eigenvalue weighted by molar-refractivity contribution is -0.274. The molecule has 0 amide bonds. The smallest absolute Gasteiger partial charge is 0.192 e. The molecule has 93 heavy (non-hydrogen) atoms. The minimum atomic E-state index is -1.86. The average Bonchev–Trinajstić information content (AvgIpc) is 1.67. The molecule has 2 heterocycles. The van der Waals surface area contributed by atoms with Gasteiger partial charge in [0.15, 0.2) is 28.2 Å². The summed E-state index contributed by atoms with van der Waals surface area (Å²) in [5, 5.41) is 33.9. The molecule has 14 aliphatic rings. The van der Waals surface area contributed by atoms with Crippen LogP contribution in [0.2, 0.25) is 36.3 Å². The standard InChI is InChI=1S/C29H52O5Si.C27H48O5Si.C21H34O4/c1-26(2,3)35(8,9)34-19-10-13-27(4)20-11-14-28(5)21(12-15-29(28)32-16-17-33-29)23(20)25(31-7)24(30-6)22(27)18-19;1-24(2,3)33(6,7)32-17-8-11-25(4)18-9-12-26(5)19(10-13-27(26)30-14-15-31-27)21(18)23(29)22(28)20(25)16-17;1-20-9-7-12(22)11-15(20)18(24-3)19(25-4)17-13-5-6-16(23)21(13,2)10-8-14(17)20/h19-25H,10-18H2,1-9H3;17-23,28-29H,8-16H2,1-7H3;12-15,17-19,22H,5-11H2,1-4H3/t19-,20?,21?,22?,23?,24+,25+,27+,28-;17-,18?,19?,20?,21?,22+,23+,25+,26-;12-,13?,14?,15?,17?,18+,19+,20+,21-/m000/s1. The van der Waals surface area contributed by atoms with Crippen LogP contribution in [0.1, 0.15) is 218 Å². The van der Waals surface area contributed by atoms with Gasteiger partial charge < -0.3 is 62.1 Å². The molecule has 534 valence electrons. The molecule has 0 aromatic carbocycles. The number of ketones is 1. The number of methoxy groups -OCH3 is 4. The van der Waals surface area contributed by atoms with Crippen molar-refractivity contribution in [2.24, 2.45) is 104 Å². The van der Waals surface area contributed by atoms with Gasteiger partial charge >= 0.3 is 0 Å².